The number of alkyl halides is 3. The molecule has 10 heteroatoms. The van der Waals surface area contributed by atoms with Gasteiger partial charge in [0.15, 0.2) is 0 Å². The average molecular weight is 437 g/mol. The van der Waals surface area contributed by atoms with Crippen LogP contribution in [0.5, 0.6) is 17.2 Å². The average Bonchev–Trinajstić information content (AvgIpc) is 2.51. The van der Waals surface area contributed by atoms with E-state index in [0.717, 1.165) is 6.07 Å². The van der Waals surface area contributed by atoms with Crippen molar-refractivity contribution in [3.63, 3.8) is 0 Å². The minimum Gasteiger partial charge on any atom is -0.543 e. The maximum absolute atomic E-state index is 12.6. The molecule has 2 aromatic rings. The van der Waals surface area contributed by atoms with E-state index in [4.69, 9.17) is 9.16 Å². The normalized spacial score (nSPS) is 13.5. The van der Waals surface area contributed by atoms with E-state index in [1.54, 1.807) is 12.1 Å². The molecule has 0 bridgehead atoms. The summed E-state index contributed by atoms with van der Waals surface area (Å²) < 4.78 is 76.0. The smallest absolute Gasteiger partial charge is 0.534 e. The molecule has 0 saturated heterocycles. The van der Waals surface area contributed by atoms with E-state index in [9.17, 15) is 21.6 Å². The van der Waals surface area contributed by atoms with E-state index in [1.165, 1.54) is 19.2 Å². The first kappa shape index (κ1) is 22.3. The van der Waals surface area contributed by atoms with Gasteiger partial charge in [-0.1, -0.05) is 20.8 Å². The van der Waals surface area contributed by atoms with Gasteiger partial charge in [0.1, 0.15) is 17.2 Å². The Hall–Kier alpha value is -1.94. The summed E-state index contributed by atoms with van der Waals surface area (Å²) in [4.78, 5) is 0. The van der Waals surface area contributed by atoms with Crippen LogP contribution in [0.2, 0.25) is 18.1 Å². The molecule has 5 nitrogen and oxygen atoms in total. The Morgan fingerprint density at radius 2 is 1.54 bits per heavy atom. The van der Waals surface area contributed by atoms with Crippen LogP contribution in [0.25, 0.3) is 10.8 Å². The fraction of sp³-hybridized carbons (Fsp3) is 0.444. The molecule has 0 radical (unpaired) electrons. The third-order valence-electron chi connectivity index (χ3n) is 4.76. The lowest BCUT2D eigenvalue weighted by Crippen LogP contribution is -2.43. The molecule has 0 aliphatic rings. The molecule has 0 aliphatic heterocycles. The van der Waals surface area contributed by atoms with Gasteiger partial charge in [-0.05, 0) is 47.8 Å². The molecule has 2 rings (SSSR count). The molecular weight excluding hydrogens is 413 g/mol. The Balaban J connectivity index is 2.55. The summed E-state index contributed by atoms with van der Waals surface area (Å²) >= 11 is 0. The van der Waals surface area contributed by atoms with Gasteiger partial charge in [0.05, 0.1) is 7.11 Å². The Kier molecular flexibility index (Phi) is 5.70. The maximum Gasteiger partial charge on any atom is 0.534 e. The van der Waals surface area contributed by atoms with Crippen LogP contribution in [0.1, 0.15) is 20.8 Å². The first-order valence-corrected chi connectivity index (χ1v) is 12.7. The van der Waals surface area contributed by atoms with Crippen LogP contribution in [0.3, 0.4) is 0 Å². The predicted molar refractivity (Wildman–Crippen MR) is 104 cm³/mol. The summed E-state index contributed by atoms with van der Waals surface area (Å²) in [6.45, 7) is 10.4. The van der Waals surface area contributed by atoms with Crippen molar-refractivity contribution in [3.8, 4) is 17.2 Å². The van der Waals surface area contributed by atoms with Crippen LogP contribution >= 0.6 is 0 Å². The zero-order valence-electron chi connectivity index (χ0n) is 16.5. The Labute approximate surface area is 163 Å². The summed E-state index contributed by atoms with van der Waals surface area (Å²) in [5.41, 5.74) is -5.51. The van der Waals surface area contributed by atoms with E-state index in [1.807, 2.05) is 0 Å². The quantitative estimate of drug-likeness (QED) is 0.354. The van der Waals surface area contributed by atoms with Gasteiger partial charge in [-0.3, -0.25) is 0 Å². The lowest BCUT2D eigenvalue weighted by Gasteiger charge is -2.36. The van der Waals surface area contributed by atoms with E-state index < -0.39 is 29.7 Å². The number of rotatable bonds is 5. The molecule has 156 valence electrons. The zero-order valence-corrected chi connectivity index (χ0v) is 18.3. The molecule has 0 amide bonds. The van der Waals surface area contributed by atoms with Crippen molar-refractivity contribution in [2.45, 2.75) is 44.4 Å². The van der Waals surface area contributed by atoms with Crippen LogP contribution in [-0.2, 0) is 10.1 Å². The van der Waals surface area contributed by atoms with Gasteiger partial charge >= 0.3 is 15.6 Å². The van der Waals surface area contributed by atoms with Gasteiger partial charge in [0, 0.05) is 11.5 Å². The third-order valence-corrected chi connectivity index (χ3v) is 10.1. The summed E-state index contributed by atoms with van der Waals surface area (Å²) in [6, 6.07) is 7.12. The van der Waals surface area contributed by atoms with Gasteiger partial charge in [0.25, 0.3) is 8.32 Å². The Morgan fingerprint density at radius 1 is 0.964 bits per heavy atom. The molecule has 0 N–H and O–H groups in total. The molecule has 0 aliphatic carbocycles. The zero-order chi connectivity index (χ0) is 21.5. The number of methoxy groups -OCH3 is 1. The van der Waals surface area contributed by atoms with Crippen molar-refractivity contribution in [3.05, 3.63) is 30.3 Å². The molecule has 0 spiro atoms. The van der Waals surface area contributed by atoms with Crippen LogP contribution in [0, 0.1) is 0 Å². The van der Waals surface area contributed by atoms with Crippen molar-refractivity contribution < 1.29 is 34.9 Å². The second-order valence-corrected chi connectivity index (χ2v) is 14.1. The Morgan fingerprint density at radius 3 is 2.04 bits per heavy atom. The number of ether oxygens (including phenoxy) is 1. The first-order chi connectivity index (χ1) is 12.6. The van der Waals surface area contributed by atoms with Gasteiger partial charge in [-0.15, -0.1) is 0 Å². The lowest BCUT2D eigenvalue weighted by atomic mass is 10.1. The lowest BCUT2D eigenvalue weighted by molar-refractivity contribution is -0.0500. The van der Waals surface area contributed by atoms with Crippen molar-refractivity contribution in [1.29, 1.82) is 0 Å². The van der Waals surface area contributed by atoms with Gasteiger partial charge in [-0.2, -0.15) is 21.6 Å². The Bertz CT molecular complexity index is 979. The highest BCUT2D eigenvalue weighted by Gasteiger charge is 2.48. The molecule has 0 saturated carbocycles. The molecule has 28 heavy (non-hydrogen) atoms. The van der Waals surface area contributed by atoms with Crippen LogP contribution < -0.4 is 13.3 Å². The number of hydrogen-bond acceptors (Lipinski definition) is 5. The van der Waals surface area contributed by atoms with E-state index in [2.05, 4.69) is 38.0 Å². The van der Waals surface area contributed by atoms with Gasteiger partial charge in [0.2, 0.25) is 0 Å². The topological polar surface area (TPSA) is 61.8 Å². The third kappa shape index (κ3) is 4.54. The fourth-order valence-corrected chi connectivity index (χ4v) is 3.62. The monoisotopic (exact) mass is 436 g/mol. The summed E-state index contributed by atoms with van der Waals surface area (Å²) in [5.74, 6) is 0.500. The molecule has 0 heterocycles. The summed E-state index contributed by atoms with van der Waals surface area (Å²) in [5, 5.41) is 0.969. The number of benzene rings is 2. The summed E-state index contributed by atoms with van der Waals surface area (Å²) in [7, 11) is -6.51. The maximum atomic E-state index is 12.6. The number of fused-ring (bicyclic) bond motifs is 1. The van der Waals surface area contributed by atoms with E-state index in [-0.39, 0.29) is 5.04 Å². The van der Waals surface area contributed by atoms with E-state index in [0.29, 0.717) is 22.3 Å². The molecule has 0 unspecified atom stereocenters. The van der Waals surface area contributed by atoms with Crippen molar-refractivity contribution in [2.24, 2.45) is 0 Å². The van der Waals surface area contributed by atoms with Crippen LogP contribution in [0.15, 0.2) is 30.3 Å². The number of halogens is 3. The van der Waals surface area contributed by atoms with Crippen molar-refractivity contribution in [2.75, 3.05) is 7.11 Å². The second kappa shape index (κ2) is 7.14. The van der Waals surface area contributed by atoms with Gasteiger partial charge in [-0.25, -0.2) is 0 Å². The van der Waals surface area contributed by atoms with E-state index >= 15 is 0 Å². The molecular formula is C18H23F3O5SSi. The minimum atomic E-state index is -5.75. The highest BCUT2D eigenvalue weighted by molar-refractivity contribution is 7.88. The highest BCUT2D eigenvalue weighted by Crippen LogP contribution is 2.41. The van der Waals surface area contributed by atoms with Crippen molar-refractivity contribution >= 4 is 29.2 Å². The van der Waals surface area contributed by atoms with Crippen LogP contribution in [0.4, 0.5) is 13.2 Å². The highest BCUT2D eigenvalue weighted by atomic mass is 32.2. The second-order valence-electron chi connectivity index (χ2n) is 7.85. The number of hydrogen-bond donors (Lipinski definition) is 0. The molecule has 0 aromatic heterocycles. The first-order valence-electron chi connectivity index (χ1n) is 8.39. The van der Waals surface area contributed by atoms with Gasteiger partial charge < -0.3 is 13.3 Å². The molecule has 0 atom stereocenters. The molecule has 0 fully saturated rings. The predicted octanol–water partition coefficient (Wildman–Crippen LogP) is 5.46. The minimum absolute atomic E-state index is 0.0771. The largest absolute Gasteiger partial charge is 0.543 e. The summed E-state index contributed by atoms with van der Waals surface area (Å²) in [6.07, 6.45) is 0. The molecule has 2 aromatic carbocycles. The van der Waals surface area contributed by atoms with Crippen molar-refractivity contribution in [1.82, 2.24) is 0 Å². The van der Waals surface area contributed by atoms with Crippen LogP contribution in [-0.4, -0.2) is 29.4 Å². The SMILES string of the molecule is COc1cc(O[Si](C)(C)C(C)(C)C)c2ccc(OS(=O)(=O)C(F)(F)F)cc2c1. The standard InChI is InChI=1S/C18H23F3O5SSi/c1-17(2,3)28(5,6)26-16-11-14(24-4)10-12-9-13(7-8-15(12)16)25-27(22,23)18(19,20)21/h7-11H,1-6H3. The fourth-order valence-electron chi connectivity index (χ4n) is 2.14.